The summed E-state index contributed by atoms with van der Waals surface area (Å²) in [4.78, 5) is 0. The van der Waals surface area contributed by atoms with Crippen LogP contribution < -0.4 is 0 Å². The minimum absolute atomic E-state index is 0.173. The van der Waals surface area contributed by atoms with Crippen molar-refractivity contribution in [3.8, 4) is 0 Å². The second-order valence-corrected chi connectivity index (χ2v) is 5.61. The van der Waals surface area contributed by atoms with Crippen molar-refractivity contribution in [1.29, 1.82) is 0 Å². The highest BCUT2D eigenvalue weighted by molar-refractivity contribution is 5.31. The Morgan fingerprint density at radius 1 is 1.19 bits per heavy atom. The van der Waals surface area contributed by atoms with Crippen LogP contribution in [0.15, 0.2) is 18.2 Å². The first kappa shape index (κ1) is 11.6. The van der Waals surface area contributed by atoms with Gasteiger partial charge in [-0.15, -0.1) is 0 Å². The van der Waals surface area contributed by atoms with Crippen molar-refractivity contribution < 1.29 is 9.50 Å². The van der Waals surface area contributed by atoms with Gasteiger partial charge in [0.1, 0.15) is 5.82 Å². The maximum atomic E-state index is 13.4. The smallest absolute Gasteiger partial charge is 0.123 e. The number of rotatable bonds is 1. The third-order valence-corrected chi connectivity index (χ3v) is 3.98. The van der Waals surface area contributed by atoms with E-state index in [1.54, 1.807) is 0 Å². The first-order valence-electron chi connectivity index (χ1n) is 5.85. The van der Waals surface area contributed by atoms with E-state index >= 15 is 0 Å². The molecule has 1 fully saturated rings. The van der Waals surface area contributed by atoms with Gasteiger partial charge in [-0.05, 0) is 54.9 Å². The number of halogens is 1. The maximum Gasteiger partial charge on any atom is 0.123 e. The molecular weight excluding hydrogens is 203 g/mol. The molecule has 1 aliphatic rings. The quantitative estimate of drug-likeness (QED) is 0.770. The van der Waals surface area contributed by atoms with Crippen molar-refractivity contribution in [3.05, 3.63) is 35.1 Å². The Kier molecular flexibility index (Phi) is 2.58. The van der Waals surface area contributed by atoms with E-state index < -0.39 is 5.60 Å². The first-order chi connectivity index (χ1) is 7.35. The molecule has 0 radical (unpaired) electrons. The molecule has 0 amide bonds. The highest BCUT2D eigenvalue weighted by Gasteiger charge is 2.48. The molecule has 2 rings (SSSR count). The summed E-state index contributed by atoms with van der Waals surface area (Å²) < 4.78 is 13.4. The van der Waals surface area contributed by atoms with Gasteiger partial charge in [-0.3, -0.25) is 0 Å². The van der Waals surface area contributed by atoms with Crippen LogP contribution in [0.3, 0.4) is 0 Å². The van der Waals surface area contributed by atoms with Gasteiger partial charge in [-0.1, -0.05) is 19.9 Å². The van der Waals surface area contributed by atoms with Crippen molar-refractivity contribution in [2.45, 2.75) is 45.6 Å². The van der Waals surface area contributed by atoms with Crippen LogP contribution in [0.4, 0.5) is 4.39 Å². The van der Waals surface area contributed by atoms with E-state index in [0.717, 1.165) is 30.4 Å². The first-order valence-corrected chi connectivity index (χ1v) is 5.85. The molecule has 1 aromatic rings. The van der Waals surface area contributed by atoms with Crippen LogP contribution >= 0.6 is 0 Å². The molecule has 1 unspecified atom stereocenters. The second-order valence-electron chi connectivity index (χ2n) is 5.61. The van der Waals surface area contributed by atoms with Crippen LogP contribution in [-0.2, 0) is 5.60 Å². The average Bonchev–Trinajstić information content (AvgIpc) is 2.41. The summed E-state index contributed by atoms with van der Waals surface area (Å²) in [6, 6.07) is 4.87. The van der Waals surface area contributed by atoms with Crippen LogP contribution in [0.1, 0.15) is 44.2 Å². The van der Waals surface area contributed by atoms with Crippen LogP contribution in [0, 0.1) is 18.2 Å². The predicted octanol–water partition coefficient (Wildman–Crippen LogP) is 3.53. The highest BCUT2D eigenvalue weighted by Crippen LogP contribution is 2.52. The molecule has 1 saturated carbocycles. The molecule has 88 valence electrons. The second kappa shape index (κ2) is 3.56. The number of hydrogen-bond acceptors (Lipinski definition) is 1. The topological polar surface area (TPSA) is 20.2 Å². The minimum atomic E-state index is -0.875. The number of aliphatic hydroxyl groups is 1. The van der Waals surface area contributed by atoms with Gasteiger partial charge >= 0.3 is 0 Å². The van der Waals surface area contributed by atoms with Gasteiger partial charge in [0, 0.05) is 0 Å². The van der Waals surface area contributed by atoms with E-state index in [0.29, 0.717) is 0 Å². The largest absolute Gasteiger partial charge is 0.385 e. The molecule has 0 saturated heterocycles. The lowest BCUT2D eigenvalue weighted by Crippen LogP contribution is -2.37. The Balaban J connectivity index is 2.50. The van der Waals surface area contributed by atoms with Gasteiger partial charge in [-0.2, -0.15) is 0 Å². The van der Waals surface area contributed by atoms with E-state index in [1.807, 2.05) is 13.0 Å². The van der Waals surface area contributed by atoms with Crippen LogP contribution in [0.5, 0.6) is 0 Å². The molecule has 2 heteroatoms. The molecule has 1 nitrogen and oxygen atoms in total. The average molecular weight is 222 g/mol. The zero-order chi connectivity index (χ0) is 12.0. The molecular formula is C14H19FO. The molecule has 0 aliphatic heterocycles. The van der Waals surface area contributed by atoms with Gasteiger partial charge in [0.25, 0.3) is 0 Å². The molecule has 0 spiro atoms. The fraction of sp³-hybridized carbons (Fsp3) is 0.571. The molecule has 1 aliphatic carbocycles. The van der Waals surface area contributed by atoms with E-state index in [9.17, 15) is 9.50 Å². The highest BCUT2D eigenvalue weighted by atomic mass is 19.1. The number of benzene rings is 1. The summed E-state index contributed by atoms with van der Waals surface area (Å²) in [5.74, 6) is -0.258. The van der Waals surface area contributed by atoms with Crippen LogP contribution in [-0.4, -0.2) is 5.11 Å². The lowest BCUT2D eigenvalue weighted by atomic mass is 9.73. The molecule has 1 N–H and O–H groups in total. The predicted molar refractivity (Wildman–Crippen MR) is 62.7 cm³/mol. The van der Waals surface area contributed by atoms with E-state index in [4.69, 9.17) is 0 Å². The molecule has 1 atom stereocenters. The number of hydrogen-bond donors (Lipinski definition) is 1. The molecule has 1 aromatic carbocycles. The van der Waals surface area contributed by atoms with E-state index in [2.05, 4.69) is 13.8 Å². The summed E-state index contributed by atoms with van der Waals surface area (Å²) in [6.07, 6.45) is 2.71. The summed E-state index contributed by atoms with van der Waals surface area (Å²) in [5.41, 5.74) is 0.547. The van der Waals surface area contributed by atoms with Gasteiger partial charge in [0.15, 0.2) is 0 Å². The lowest BCUT2D eigenvalue weighted by Gasteiger charge is -2.37. The fourth-order valence-electron chi connectivity index (χ4n) is 2.84. The Morgan fingerprint density at radius 2 is 1.88 bits per heavy atom. The van der Waals surface area contributed by atoms with E-state index in [-0.39, 0.29) is 11.2 Å². The maximum absolute atomic E-state index is 13.4. The van der Waals surface area contributed by atoms with Crippen molar-refractivity contribution >= 4 is 0 Å². The van der Waals surface area contributed by atoms with E-state index in [1.165, 1.54) is 12.1 Å². The van der Waals surface area contributed by atoms with Gasteiger partial charge in [-0.25, -0.2) is 4.39 Å². The van der Waals surface area contributed by atoms with Crippen LogP contribution in [0.25, 0.3) is 0 Å². The Hall–Kier alpha value is -0.890. The molecule has 0 aromatic heterocycles. The monoisotopic (exact) mass is 222 g/mol. The normalized spacial score (nSPS) is 28.3. The Morgan fingerprint density at radius 3 is 2.38 bits per heavy atom. The van der Waals surface area contributed by atoms with Gasteiger partial charge in [0.05, 0.1) is 5.60 Å². The summed E-state index contributed by atoms with van der Waals surface area (Å²) >= 11 is 0. The molecule has 0 heterocycles. The SMILES string of the molecule is Cc1cc(F)cc(C2(O)CCCC2(C)C)c1. The van der Waals surface area contributed by atoms with Crippen molar-refractivity contribution in [3.63, 3.8) is 0 Å². The Labute approximate surface area is 96.3 Å². The number of aryl methyl sites for hydroxylation is 1. The molecule has 16 heavy (non-hydrogen) atoms. The fourth-order valence-corrected chi connectivity index (χ4v) is 2.84. The van der Waals surface area contributed by atoms with Crippen molar-refractivity contribution in [2.75, 3.05) is 0 Å². The van der Waals surface area contributed by atoms with Crippen molar-refractivity contribution in [1.82, 2.24) is 0 Å². The van der Waals surface area contributed by atoms with Crippen molar-refractivity contribution in [2.24, 2.45) is 5.41 Å². The standard InChI is InChI=1S/C14H19FO/c1-10-7-11(9-12(15)8-10)14(16)6-4-5-13(14,2)3/h7-9,16H,4-6H2,1-3H3. The third-order valence-electron chi connectivity index (χ3n) is 3.98. The Bertz CT molecular complexity index is 391. The summed E-state index contributed by atoms with van der Waals surface area (Å²) in [5, 5.41) is 10.8. The summed E-state index contributed by atoms with van der Waals surface area (Å²) in [7, 11) is 0. The minimum Gasteiger partial charge on any atom is -0.385 e. The van der Waals surface area contributed by atoms with Gasteiger partial charge in [0.2, 0.25) is 0 Å². The molecule has 0 bridgehead atoms. The summed E-state index contributed by atoms with van der Waals surface area (Å²) in [6.45, 7) is 5.97. The zero-order valence-corrected chi connectivity index (χ0v) is 10.2. The lowest BCUT2D eigenvalue weighted by molar-refractivity contribution is -0.0487. The van der Waals surface area contributed by atoms with Crippen LogP contribution in [0.2, 0.25) is 0 Å². The zero-order valence-electron chi connectivity index (χ0n) is 10.2. The van der Waals surface area contributed by atoms with Gasteiger partial charge < -0.3 is 5.11 Å². The third kappa shape index (κ3) is 1.65.